The molecule has 1 aliphatic carbocycles. The predicted molar refractivity (Wildman–Crippen MR) is 73.0 cm³/mol. The third kappa shape index (κ3) is 1.73. The van der Waals surface area contributed by atoms with Gasteiger partial charge < -0.3 is 5.73 Å². The Bertz CT molecular complexity index is 844. The molecule has 2 aromatic rings. The number of ketones is 1. The maximum absolute atomic E-state index is 12.2. The minimum atomic E-state index is -0.635. The van der Waals surface area contributed by atoms with Gasteiger partial charge in [0.1, 0.15) is 5.69 Å². The van der Waals surface area contributed by atoms with E-state index in [1.807, 2.05) is 0 Å². The molecule has 0 saturated heterocycles. The molecule has 1 aliphatic rings. The highest BCUT2D eigenvalue weighted by Crippen LogP contribution is 2.41. The normalized spacial score (nSPS) is 11.9. The van der Waals surface area contributed by atoms with Gasteiger partial charge in [0.05, 0.1) is 9.85 Å². The molecule has 8 nitrogen and oxygen atoms in total. The first-order valence-electron chi connectivity index (χ1n) is 5.81. The van der Waals surface area contributed by atoms with Crippen molar-refractivity contribution in [3.8, 4) is 11.1 Å². The Hall–Kier alpha value is -3.29. The molecule has 0 heterocycles. The Kier molecular flexibility index (Phi) is 2.49. The van der Waals surface area contributed by atoms with Crippen molar-refractivity contribution in [1.29, 1.82) is 0 Å². The molecular formula is C13H7N3O5. The van der Waals surface area contributed by atoms with Crippen molar-refractivity contribution < 1.29 is 14.6 Å². The van der Waals surface area contributed by atoms with E-state index in [0.29, 0.717) is 11.1 Å². The maximum Gasteiger partial charge on any atom is 0.292 e. The number of nitro benzene ring substituents is 2. The summed E-state index contributed by atoms with van der Waals surface area (Å²) in [7, 11) is 0. The average molecular weight is 285 g/mol. The summed E-state index contributed by atoms with van der Waals surface area (Å²) < 4.78 is 0. The van der Waals surface area contributed by atoms with Crippen LogP contribution in [-0.2, 0) is 0 Å². The molecule has 2 aromatic carbocycles. The van der Waals surface area contributed by atoms with Gasteiger partial charge in [-0.25, -0.2) is 0 Å². The smallest absolute Gasteiger partial charge is 0.292 e. The first kappa shape index (κ1) is 12.7. The Morgan fingerprint density at radius 2 is 1.52 bits per heavy atom. The molecule has 0 spiro atoms. The summed E-state index contributed by atoms with van der Waals surface area (Å²) in [5, 5.41) is 21.7. The number of non-ortho nitro benzene ring substituents is 1. The van der Waals surface area contributed by atoms with Gasteiger partial charge in [-0.2, -0.15) is 0 Å². The number of nitrogens with zero attached hydrogens (tertiary/aromatic N) is 2. The van der Waals surface area contributed by atoms with Gasteiger partial charge in [-0.05, 0) is 17.7 Å². The monoisotopic (exact) mass is 285 g/mol. The number of rotatable bonds is 2. The number of anilines is 1. The molecule has 0 atom stereocenters. The molecule has 0 saturated carbocycles. The van der Waals surface area contributed by atoms with Crippen LogP contribution in [0, 0.1) is 20.2 Å². The molecule has 0 aromatic heterocycles. The number of nitrogen functional groups attached to an aromatic ring is 1. The molecule has 0 amide bonds. The van der Waals surface area contributed by atoms with Gasteiger partial charge in [-0.1, -0.05) is 0 Å². The molecule has 0 fully saturated rings. The standard InChI is InChI=1S/C13H7N3O5/c14-11-4-10-8(5-12(11)16(20)21)7-2-1-6(15(18)19)3-9(7)13(10)17/h1-5H,14H2. The first-order chi connectivity index (χ1) is 9.90. The topological polar surface area (TPSA) is 129 Å². The van der Waals surface area contributed by atoms with Crippen molar-refractivity contribution in [2.45, 2.75) is 0 Å². The van der Waals surface area contributed by atoms with Crippen molar-refractivity contribution >= 4 is 22.8 Å². The van der Waals surface area contributed by atoms with Gasteiger partial charge in [0.25, 0.3) is 11.4 Å². The number of benzene rings is 2. The van der Waals surface area contributed by atoms with Crippen molar-refractivity contribution in [2.75, 3.05) is 5.73 Å². The number of nitro groups is 2. The van der Waals surface area contributed by atoms with E-state index in [1.54, 1.807) is 0 Å². The largest absolute Gasteiger partial charge is 0.393 e. The van der Waals surface area contributed by atoms with E-state index in [2.05, 4.69) is 0 Å². The number of hydrogen-bond acceptors (Lipinski definition) is 6. The first-order valence-corrected chi connectivity index (χ1v) is 5.81. The quantitative estimate of drug-likeness (QED) is 0.436. The summed E-state index contributed by atoms with van der Waals surface area (Å²) in [6.45, 7) is 0. The minimum absolute atomic E-state index is 0.116. The fourth-order valence-electron chi connectivity index (χ4n) is 2.39. The third-order valence-electron chi connectivity index (χ3n) is 3.36. The third-order valence-corrected chi connectivity index (χ3v) is 3.36. The van der Waals surface area contributed by atoms with Crippen LogP contribution in [-0.4, -0.2) is 15.6 Å². The molecule has 2 N–H and O–H groups in total. The maximum atomic E-state index is 12.2. The molecular weight excluding hydrogens is 278 g/mol. The van der Waals surface area contributed by atoms with Crippen LogP contribution in [0.5, 0.6) is 0 Å². The average Bonchev–Trinajstić information content (AvgIpc) is 2.70. The van der Waals surface area contributed by atoms with Gasteiger partial charge >= 0.3 is 0 Å². The van der Waals surface area contributed by atoms with Crippen LogP contribution < -0.4 is 5.73 Å². The SMILES string of the molecule is Nc1cc2c(cc1[N+](=O)[O-])-c1ccc([N+](=O)[O-])cc1C2=O. The highest BCUT2D eigenvalue weighted by Gasteiger charge is 2.31. The zero-order valence-corrected chi connectivity index (χ0v) is 10.4. The Morgan fingerprint density at radius 3 is 2.14 bits per heavy atom. The van der Waals surface area contributed by atoms with Crippen LogP contribution >= 0.6 is 0 Å². The fourth-order valence-corrected chi connectivity index (χ4v) is 2.39. The highest BCUT2D eigenvalue weighted by molar-refractivity contribution is 6.22. The second-order valence-electron chi connectivity index (χ2n) is 4.53. The van der Waals surface area contributed by atoms with Gasteiger partial charge in [0, 0.05) is 34.9 Å². The molecule has 0 radical (unpaired) electrons. The van der Waals surface area contributed by atoms with Crippen LogP contribution in [0.3, 0.4) is 0 Å². The van der Waals surface area contributed by atoms with Crippen molar-refractivity contribution in [1.82, 2.24) is 0 Å². The summed E-state index contributed by atoms with van der Waals surface area (Å²) >= 11 is 0. The van der Waals surface area contributed by atoms with Crippen molar-refractivity contribution in [2.24, 2.45) is 0 Å². The molecule has 0 bridgehead atoms. The number of carbonyl (C=O) groups is 1. The number of nitrogens with two attached hydrogens (primary N) is 1. The van der Waals surface area contributed by atoms with Gasteiger partial charge in [0.2, 0.25) is 0 Å². The van der Waals surface area contributed by atoms with Crippen LogP contribution in [0.4, 0.5) is 17.1 Å². The van der Waals surface area contributed by atoms with E-state index in [-0.39, 0.29) is 28.2 Å². The van der Waals surface area contributed by atoms with Crippen LogP contribution in [0.2, 0.25) is 0 Å². The fraction of sp³-hybridized carbons (Fsp3) is 0. The summed E-state index contributed by atoms with van der Waals surface area (Å²) in [4.78, 5) is 32.7. The lowest BCUT2D eigenvalue weighted by molar-refractivity contribution is -0.384. The Labute approximate surface area is 117 Å². The van der Waals surface area contributed by atoms with E-state index in [1.165, 1.54) is 30.3 Å². The van der Waals surface area contributed by atoms with Gasteiger partial charge in [-0.3, -0.25) is 25.0 Å². The lowest BCUT2D eigenvalue weighted by Crippen LogP contribution is -2.00. The van der Waals surface area contributed by atoms with E-state index < -0.39 is 15.6 Å². The number of hydrogen-bond donors (Lipinski definition) is 1. The summed E-state index contributed by atoms with van der Waals surface area (Å²) in [5.41, 5.74) is 6.11. The number of carbonyl (C=O) groups excluding carboxylic acids is 1. The molecule has 0 aliphatic heterocycles. The minimum Gasteiger partial charge on any atom is -0.393 e. The van der Waals surface area contributed by atoms with Crippen LogP contribution in [0.25, 0.3) is 11.1 Å². The van der Waals surface area contributed by atoms with Gasteiger partial charge in [0.15, 0.2) is 5.78 Å². The van der Waals surface area contributed by atoms with E-state index in [4.69, 9.17) is 5.73 Å². The van der Waals surface area contributed by atoms with Crippen LogP contribution in [0.1, 0.15) is 15.9 Å². The zero-order valence-electron chi connectivity index (χ0n) is 10.4. The molecule has 3 rings (SSSR count). The van der Waals surface area contributed by atoms with Crippen LogP contribution in [0.15, 0.2) is 30.3 Å². The zero-order chi connectivity index (χ0) is 15.3. The van der Waals surface area contributed by atoms with Gasteiger partial charge in [-0.15, -0.1) is 0 Å². The lowest BCUT2D eigenvalue weighted by Gasteiger charge is -2.02. The highest BCUT2D eigenvalue weighted by atomic mass is 16.6. The Morgan fingerprint density at radius 1 is 0.857 bits per heavy atom. The molecule has 0 unspecified atom stereocenters. The van der Waals surface area contributed by atoms with Crippen molar-refractivity contribution in [3.05, 3.63) is 61.7 Å². The lowest BCUT2D eigenvalue weighted by atomic mass is 10.0. The van der Waals surface area contributed by atoms with E-state index in [9.17, 15) is 25.0 Å². The summed E-state index contributed by atoms with van der Waals surface area (Å²) in [6.07, 6.45) is 0. The van der Waals surface area contributed by atoms with E-state index in [0.717, 1.165) is 0 Å². The van der Waals surface area contributed by atoms with E-state index >= 15 is 0 Å². The Balaban J connectivity index is 2.27. The predicted octanol–water partition coefficient (Wildman–Crippen LogP) is 2.30. The van der Waals surface area contributed by atoms with Crippen molar-refractivity contribution in [3.63, 3.8) is 0 Å². The molecule has 104 valence electrons. The second-order valence-corrected chi connectivity index (χ2v) is 4.53. The second kappa shape index (κ2) is 4.10. The summed E-state index contributed by atoms with van der Waals surface area (Å²) in [5.74, 6) is -0.426. The molecule has 21 heavy (non-hydrogen) atoms. The number of fused-ring (bicyclic) bond motifs is 3. The summed E-state index contributed by atoms with van der Waals surface area (Å²) in [6, 6.07) is 6.29. The molecule has 8 heteroatoms.